The molecule has 1 aliphatic rings. The molecule has 1 amide bonds. The van der Waals surface area contributed by atoms with E-state index < -0.39 is 17.6 Å². The van der Waals surface area contributed by atoms with Crippen LogP contribution in [-0.4, -0.2) is 48.7 Å². The van der Waals surface area contributed by atoms with Crippen molar-refractivity contribution in [3.8, 4) is 17.6 Å². The maximum atomic E-state index is 12.8. The molecule has 0 aromatic heterocycles. The van der Waals surface area contributed by atoms with Crippen LogP contribution in [0.3, 0.4) is 0 Å². The molecule has 1 aliphatic carbocycles. The van der Waals surface area contributed by atoms with Gasteiger partial charge in [-0.25, -0.2) is 4.79 Å². The molecule has 0 N–H and O–H groups in total. The Morgan fingerprint density at radius 3 is 2.53 bits per heavy atom. The van der Waals surface area contributed by atoms with Crippen LogP contribution in [0.25, 0.3) is 6.08 Å². The first-order valence-corrected chi connectivity index (χ1v) is 11.3. The summed E-state index contributed by atoms with van der Waals surface area (Å²) < 4.78 is 16.6. The van der Waals surface area contributed by atoms with Gasteiger partial charge in [0.25, 0.3) is 5.91 Å². The number of ether oxygens (including phenoxy) is 3. The number of carbonyl (C=O) groups is 2. The molecule has 0 spiro atoms. The Morgan fingerprint density at radius 1 is 1.19 bits per heavy atom. The van der Waals surface area contributed by atoms with Gasteiger partial charge < -0.3 is 19.1 Å². The van der Waals surface area contributed by atoms with Gasteiger partial charge in [-0.3, -0.25) is 4.79 Å². The van der Waals surface area contributed by atoms with E-state index >= 15 is 0 Å². The van der Waals surface area contributed by atoms with Gasteiger partial charge in [-0.15, -0.1) is 0 Å². The molecular weight excluding hydrogens is 408 g/mol. The molecular formula is C25H34N2O5. The fraction of sp³-hybridized carbons (Fsp3) is 0.560. The molecule has 0 aliphatic heterocycles. The minimum atomic E-state index is -0.979. The molecule has 0 heterocycles. The first-order chi connectivity index (χ1) is 15.4. The van der Waals surface area contributed by atoms with Gasteiger partial charge in [0.15, 0.2) is 17.6 Å². The number of benzene rings is 1. The smallest absolute Gasteiger partial charge is 0.331 e. The molecule has 7 heteroatoms. The van der Waals surface area contributed by atoms with Crippen LogP contribution < -0.4 is 9.47 Å². The second-order valence-electron chi connectivity index (χ2n) is 8.00. The van der Waals surface area contributed by atoms with Crippen molar-refractivity contribution in [1.82, 2.24) is 4.90 Å². The highest BCUT2D eigenvalue weighted by Crippen LogP contribution is 2.33. The van der Waals surface area contributed by atoms with Crippen molar-refractivity contribution in [3.05, 3.63) is 29.8 Å². The Bertz CT molecular complexity index is 852. The predicted molar refractivity (Wildman–Crippen MR) is 122 cm³/mol. The topological polar surface area (TPSA) is 88.9 Å². The molecule has 2 rings (SSSR count). The largest absolute Gasteiger partial charge is 0.490 e. The van der Waals surface area contributed by atoms with Gasteiger partial charge in [0.1, 0.15) is 5.54 Å². The van der Waals surface area contributed by atoms with Gasteiger partial charge in [-0.2, -0.15) is 5.26 Å². The van der Waals surface area contributed by atoms with Gasteiger partial charge >= 0.3 is 5.97 Å². The summed E-state index contributed by atoms with van der Waals surface area (Å²) in [4.78, 5) is 26.6. The average molecular weight is 443 g/mol. The molecule has 1 aromatic rings. The molecule has 0 unspecified atom stereocenters. The van der Waals surface area contributed by atoms with Crippen LogP contribution in [0.2, 0.25) is 0 Å². The van der Waals surface area contributed by atoms with E-state index in [-0.39, 0.29) is 5.91 Å². The maximum absolute atomic E-state index is 12.8. The number of amides is 1. The van der Waals surface area contributed by atoms with E-state index in [0.717, 1.165) is 31.2 Å². The standard InChI is InChI=1S/C25H34N2O5/c1-5-16-31-21-12-10-20(17-22(21)30-6-2)11-13-23(28)32-19(3)24(29)27(4)25(18-26)14-8-7-9-15-25/h10-13,17,19H,5-9,14-16H2,1-4H3/b13-11+/t19-/m0/s1. The highest BCUT2D eigenvalue weighted by molar-refractivity contribution is 5.90. The molecule has 1 saturated carbocycles. The van der Waals surface area contributed by atoms with Gasteiger partial charge in [0.2, 0.25) is 0 Å². The van der Waals surface area contributed by atoms with Gasteiger partial charge in [-0.05, 0) is 56.9 Å². The molecule has 1 atom stereocenters. The van der Waals surface area contributed by atoms with Crippen LogP contribution in [0.4, 0.5) is 0 Å². The molecule has 0 radical (unpaired) electrons. The summed E-state index contributed by atoms with van der Waals surface area (Å²) in [5, 5.41) is 9.68. The molecule has 1 aromatic carbocycles. The van der Waals surface area contributed by atoms with Crippen LogP contribution in [0.5, 0.6) is 11.5 Å². The lowest BCUT2D eigenvalue weighted by molar-refractivity contribution is -0.157. The predicted octanol–water partition coefficient (Wildman–Crippen LogP) is 4.50. The van der Waals surface area contributed by atoms with Crippen molar-refractivity contribution in [1.29, 1.82) is 5.26 Å². The van der Waals surface area contributed by atoms with Gasteiger partial charge in [0, 0.05) is 13.1 Å². The van der Waals surface area contributed by atoms with Gasteiger partial charge in [0.05, 0.1) is 19.3 Å². The van der Waals surface area contributed by atoms with Crippen molar-refractivity contribution in [2.24, 2.45) is 0 Å². The highest BCUT2D eigenvalue weighted by Gasteiger charge is 2.40. The number of hydrogen-bond acceptors (Lipinski definition) is 6. The number of carbonyl (C=O) groups excluding carboxylic acids is 2. The van der Waals surface area contributed by atoms with E-state index in [4.69, 9.17) is 14.2 Å². The fourth-order valence-electron chi connectivity index (χ4n) is 3.80. The zero-order valence-electron chi connectivity index (χ0n) is 19.6. The van der Waals surface area contributed by atoms with E-state index in [0.29, 0.717) is 37.6 Å². The summed E-state index contributed by atoms with van der Waals surface area (Å²) in [6.07, 6.45) is 6.97. The lowest BCUT2D eigenvalue weighted by atomic mass is 9.81. The zero-order chi connectivity index (χ0) is 23.6. The Kier molecular flexibility index (Phi) is 9.58. The number of rotatable bonds is 10. The van der Waals surface area contributed by atoms with Crippen molar-refractivity contribution >= 4 is 18.0 Å². The number of hydrogen-bond donors (Lipinski definition) is 0. The zero-order valence-corrected chi connectivity index (χ0v) is 19.6. The van der Waals surface area contributed by atoms with Crippen LogP contribution >= 0.6 is 0 Å². The highest BCUT2D eigenvalue weighted by atomic mass is 16.5. The Labute approximate surface area is 190 Å². The second kappa shape index (κ2) is 12.1. The Hall–Kier alpha value is -3.01. The van der Waals surface area contributed by atoms with E-state index in [1.165, 1.54) is 17.9 Å². The third-order valence-electron chi connectivity index (χ3n) is 5.64. The third kappa shape index (κ3) is 6.49. The molecule has 0 bridgehead atoms. The fourth-order valence-corrected chi connectivity index (χ4v) is 3.80. The van der Waals surface area contributed by atoms with Crippen molar-refractivity contribution in [2.45, 2.75) is 70.9 Å². The lowest BCUT2D eigenvalue weighted by Crippen LogP contribution is -2.53. The summed E-state index contributed by atoms with van der Waals surface area (Å²) in [6.45, 7) is 6.54. The van der Waals surface area contributed by atoms with E-state index in [2.05, 4.69) is 6.07 Å². The molecule has 174 valence electrons. The third-order valence-corrected chi connectivity index (χ3v) is 5.64. The normalized spacial score (nSPS) is 16.1. The van der Waals surface area contributed by atoms with Crippen LogP contribution in [0, 0.1) is 11.3 Å². The van der Waals surface area contributed by atoms with Crippen LogP contribution in [-0.2, 0) is 14.3 Å². The molecule has 32 heavy (non-hydrogen) atoms. The van der Waals surface area contributed by atoms with Crippen LogP contribution in [0.1, 0.15) is 64.9 Å². The van der Waals surface area contributed by atoms with E-state index in [9.17, 15) is 14.9 Å². The first kappa shape index (κ1) is 25.3. The minimum Gasteiger partial charge on any atom is -0.490 e. The monoisotopic (exact) mass is 442 g/mol. The minimum absolute atomic E-state index is 0.369. The summed E-state index contributed by atoms with van der Waals surface area (Å²) >= 11 is 0. The number of likely N-dealkylation sites (N-methyl/N-ethyl adjacent to an activating group) is 1. The summed E-state index contributed by atoms with van der Waals surface area (Å²) in [7, 11) is 1.62. The van der Waals surface area contributed by atoms with E-state index in [1.807, 2.05) is 19.9 Å². The van der Waals surface area contributed by atoms with Gasteiger partial charge in [-0.1, -0.05) is 32.3 Å². The lowest BCUT2D eigenvalue weighted by Gasteiger charge is -2.39. The quantitative estimate of drug-likeness (QED) is 0.391. The average Bonchev–Trinajstić information content (AvgIpc) is 2.81. The Balaban J connectivity index is 2.01. The summed E-state index contributed by atoms with van der Waals surface area (Å²) in [6, 6.07) is 7.73. The molecule has 1 fully saturated rings. The number of nitrogens with zero attached hydrogens (tertiary/aromatic N) is 2. The second-order valence-corrected chi connectivity index (χ2v) is 8.00. The van der Waals surface area contributed by atoms with Crippen molar-refractivity contribution in [2.75, 3.05) is 20.3 Å². The van der Waals surface area contributed by atoms with Crippen LogP contribution in [0.15, 0.2) is 24.3 Å². The first-order valence-electron chi connectivity index (χ1n) is 11.3. The summed E-state index contributed by atoms with van der Waals surface area (Å²) in [5.74, 6) is 0.269. The summed E-state index contributed by atoms with van der Waals surface area (Å²) in [5.41, 5.74) is -0.0701. The molecule has 0 saturated heterocycles. The van der Waals surface area contributed by atoms with E-state index in [1.54, 1.807) is 25.3 Å². The Morgan fingerprint density at radius 2 is 1.91 bits per heavy atom. The number of nitriles is 1. The van der Waals surface area contributed by atoms with Crippen molar-refractivity contribution in [3.63, 3.8) is 0 Å². The number of esters is 1. The maximum Gasteiger partial charge on any atom is 0.331 e. The van der Waals surface area contributed by atoms with Crippen molar-refractivity contribution < 1.29 is 23.8 Å². The molecule has 7 nitrogen and oxygen atoms in total. The SMILES string of the molecule is CCCOc1ccc(/C=C/C(=O)O[C@@H](C)C(=O)N(C)C2(C#N)CCCCC2)cc1OCC.